The fraction of sp³-hybridized carbons (Fsp3) is 0.429. The van der Waals surface area contributed by atoms with Crippen LogP contribution >= 0.6 is 0 Å². The first-order valence-corrected chi connectivity index (χ1v) is 6.53. The number of amides is 2. The summed E-state index contributed by atoms with van der Waals surface area (Å²) in [6, 6.07) is 7.19. The summed E-state index contributed by atoms with van der Waals surface area (Å²) < 4.78 is 5.83. The molecule has 1 aliphatic carbocycles. The molecule has 5 nitrogen and oxygen atoms in total. The average Bonchev–Trinajstić information content (AvgIpc) is 2.90. The molecule has 0 atom stereocenters. The molecule has 2 amide bonds. The standard InChI is InChI=1S/C14H19N3O2/c15-14(18)17-16-9-11-5-7-12(8-6-11)10-19-13-3-1-2-4-13/h5-9,13H,1-4,10H2,(H3,15,17,18). The number of carbonyl (C=O) groups excluding carboxylic acids is 1. The lowest BCUT2D eigenvalue weighted by molar-refractivity contribution is 0.0457. The van der Waals surface area contributed by atoms with Crippen molar-refractivity contribution >= 4 is 12.2 Å². The first-order valence-electron chi connectivity index (χ1n) is 6.53. The van der Waals surface area contributed by atoms with Gasteiger partial charge >= 0.3 is 6.03 Å². The molecule has 0 aliphatic heterocycles. The maximum Gasteiger partial charge on any atom is 0.332 e. The highest BCUT2D eigenvalue weighted by atomic mass is 16.5. The van der Waals surface area contributed by atoms with Crippen molar-refractivity contribution in [2.24, 2.45) is 10.8 Å². The molecule has 1 aliphatic rings. The van der Waals surface area contributed by atoms with Crippen molar-refractivity contribution < 1.29 is 9.53 Å². The van der Waals surface area contributed by atoms with Gasteiger partial charge in [0.2, 0.25) is 0 Å². The highest BCUT2D eigenvalue weighted by molar-refractivity contribution is 5.81. The molecular weight excluding hydrogens is 242 g/mol. The Morgan fingerprint density at radius 3 is 2.68 bits per heavy atom. The number of benzene rings is 1. The molecular formula is C14H19N3O2. The zero-order valence-corrected chi connectivity index (χ0v) is 10.8. The van der Waals surface area contributed by atoms with E-state index < -0.39 is 6.03 Å². The number of hydrazone groups is 1. The first kappa shape index (κ1) is 13.5. The Labute approximate surface area is 112 Å². The number of hydrogen-bond acceptors (Lipinski definition) is 3. The van der Waals surface area contributed by atoms with Crippen LogP contribution < -0.4 is 11.2 Å². The molecule has 0 spiro atoms. The van der Waals surface area contributed by atoms with Crippen LogP contribution in [0.1, 0.15) is 36.8 Å². The maximum atomic E-state index is 10.4. The average molecular weight is 261 g/mol. The Kier molecular flexibility index (Phi) is 4.92. The number of nitrogens with two attached hydrogens (primary N) is 1. The van der Waals surface area contributed by atoms with E-state index in [1.807, 2.05) is 24.3 Å². The van der Waals surface area contributed by atoms with Crippen molar-refractivity contribution in [3.8, 4) is 0 Å². The van der Waals surface area contributed by atoms with Crippen LogP contribution in [0, 0.1) is 0 Å². The molecule has 0 heterocycles. The van der Waals surface area contributed by atoms with Crippen LogP contribution in [0.25, 0.3) is 0 Å². The van der Waals surface area contributed by atoms with E-state index in [1.165, 1.54) is 25.7 Å². The number of nitrogens with one attached hydrogen (secondary N) is 1. The second-order valence-electron chi connectivity index (χ2n) is 4.69. The Morgan fingerprint density at radius 2 is 2.05 bits per heavy atom. The molecule has 19 heavy (non-hydrogen) atoms. The Bertz CT molecular complexity index is 437. The number of rotatable bonds is 5. The van der Waals surface area contributed by atoms with Gasteiger partial charge in [-0.25, -0.2) is 10.2 Å². The second kappa shape index (κ2) is 6.89. The van der Waals surface area contributed by atoms with Crippen LogP contribution in [0.5, 0.6) is 0 Å². The van der Waals surface area contributed by atoms with E-state index in [-0.39, 0.29) is 0 Å². The van der Waals surface area contributed by atoms with E-state index in [1.54, 1.807) is 6.21 Å². The molecule has 1 aromatic carbocycles. The van der Waals surface area contributed by atoms with Gasteiger partial charge in [0.25, 0.3) is 0 Å². The van der Waals surface area contributed by atoms with E-state index in [0.717, 1.165) is 11.1 Å². The van der Waals surface area contributed by atoms with Crippen LogP contribution in [0.15, 0.2) is 29.4 Å². The van der Waals surface area contributed by atoms with Gasteiger partial charge in [0.05, 0.1) is 18.9 Å². The molecule has 0 unspecified atom stereocenters. The SMILES string of the molecule is NC(=O)NN=Cc1ccc(COC2CCCC2)cc1. The van der Waals surface area contributed by atoms with Crippen molar-refractivity contribution in [3.05, 3.63) is 35.4 Å². The van der Waals surface area contributed by atoms with E-state index >= 15 is 0 Å². The monoisotopic (exact) mass is 261 g/mol. The van der Waals surface area contributed by atoms with E-state index in [2.05, 4.69) is 10.5 Å². The number of urea groups is 1. The summed E-state index contributed by atoms with van der Waals surface area (Å²) >= 11 is 0. The number of hydrogen-bond donors (Lipinski definition) is 2. The van der Waals surface area contributed by atoms with Crippen molar-refractivity contribution in [2.45, 2.75) is 38.4 Å². The topological polar surface area (TPSA) is 76.7 Å². The third-order valence-electron chi connectivity index (χ3n) is 3.16. The van der Waals surface area contributed by atoms with Crippen LogP contribution in [0.4, 0.5) is 4.79 Å². The third-order valence-corrected chi connectivity index (χ3v) is 3.16. The molecule has 1 saturated carbocycles. The lowest BCUT2D eigenvalue weighted by atomic mass is 10.1. The normalized spacial score (nSPS) is 16.0. The minimum Gasteiger partial charge on any atom is -0.374 e. The summed E-state index contributed by atoms with van der Waals surface area (Å²) in [5, 5.41) is 3.70. The second-order valence-corrected chi connectivity index (χ2v) is 4.69. The van der Waals surface area contributed by atoms with Gasteiger partial charge in [0, 0.05) is 0 Å². The van der Waals surface area contributed by atoms with Crippen molar-refractivity contribution in [1.29, 1.82) is 0 Å². The zero-order valence-electron chi connectivity index (χ0n) is 10.8. The zero-order chi connectivity index (χ0) is 13.5. The van der Waals surface area contributed by atoms with Gasteiger partial charge in [-0.1, -0.05) is 37.1 Å². The summed E-state index contributed by atoms with van der Waals surface area (Å²) in [7, 11) is 0. The largest absolute Gasteiger partial charge is 0.374 e. The molecule has 2 rings (SSSR count). The molecule has 0 bridgehead atoms. The molecule has 102 valence electrons. The minimum atomic E-state index is -0.669. The van der Waals surface area contributed by atoms with E-state index in [4.69, 9.17) is 10.5 Å². The minimum absolute atomic E-state index is 0.431. The molecule has 5 heteroatoms. The Balaban J connectivity index is 1.80. The van der Waals surface area contributed by atoms with Crippen molar-refractivity contribution in [3.63, 3.8) is 0 Å². The summed E-state index contributed by atoms with van der Waals surface area (Å²) in [5.41, 5.74) is 9.10. The third kappa shape index (κ3) is 4.71. The number of nitrogens with zero attached hydrogens (tertiary/aromatic N) is 1. The van der Waals surface area contributed by atoms with Gasteiger partial charge < -0.3 is 10.5 Å². The lowest BCUT2D eigenvalue weighted by Crippen LogP contribution is -2.24. The smallest absolute Gasteiger partial charge is 0.332 e. The van der Waals surface area contributed by atoms with Gasteiger partial charge in [0.15, 0.2) is 0 Å². The molecule has 1 aromatic rings. The van der Waals surface area contributed by atoms with Gasteiger partial charge in [0.1, 0.15) is 0 Å². The van der Waals surface area contributed by atoms with Gasteiger partial charge in [-0.15, -0.1) is 0 Å². The number of ether oxygens (including phenoxy) is 1. The van der Waals surface area contributed by atoms with Gasteiger partial charge in [-0.2, -0.15) is 5.10 Å². The van der Waals surface area contributed by atoms with E-state index in [9.17, 15) is 4.79 Å². The van der Waals surface area contributed by atoms with Gasteiger partial charge in [-0.05, 0) is 24.0 Å². The number of primary amides is 1. The molecule has 0 radical (unpaired) electrons. The van der Waals surface area contributed by atoms with E-state index in [0.29, 0.717) is 12.7 Å². The van der Waals surface area contributed by atoms with Crippen molar-refractivity contribution in [1.82, 2.24) is 5.43 Å². The molecule has 0 aromatic heterocycles. The summed E-state index contributed by atoms with van der Waals surface area (Å²) in [4.78, 5) is 10.4. The summed E-state index contributed by atoms with van der Waals surface area (Å²) in [6.07, 6.45) is 6.92. The number of carbonyl (C=O) groups is 1. The quantitative estimate of drug-likeness (QED) is 0.629. The predicted molar refractivity (Wildman–Crippen MR) is 73.8 cm³/mol. The molecule has 1 fully saturated rings. The Morgan fingerprint density at radius 1 is 1.37 bits per heavy atom. The molecule has 0 saturated heterocycles. The lowest BCUT2D eigenvalue weighted by Gasteiger charge is -2.10. The molecule has 3 N–H and O–H groups in total. The fourth-order valence-electron chi connectivity index (χ4n) is 2.14. The maximum absolute atomic E-state index is 10.4. The Hall–Kier alpha value is -1.88. The van der Waals surface area contributed by atoms with Crippen molar-refractivity contribution in [2.75, 3.05) is 0 Å². The van der Waals surface area contributed by atoms with Crippen LogP contribution in [-0.2, 0) is 11.3 Å². The summed E-state index contributed by atoms with van der Waals surface area (Å²) in [5.74, 6) is 0. The summed E-state index contributed by atoms with van der Waals surface area (Å²) in [6.45, 7) is 0.654. The van der Waals surface area contributed by atoms with Gasteiger partial charge in [-0.3, -0.25) is 0 Å². The van der Waals surface area contributed by atoms with Crippen LogP contribution in [0.3, 0.4) is 0 Å². The first-order chi connectivity index (χ1) is 9.24. The predicted octanol–water partition coefficient (Wildman–Crippen LogP) is 2.15. The van der Waals surface area contributed by atoms with Crippen LogP contribution in [-0.4, -0.2) is 18.3 Å². The highest BCUT2D eigenvalue weighted by Gasteiger charge is 2.14. The van der Waals surface area contributed by atoms with Crippen LogP contribution in [0.2, 0.25) is 0 Å². The fourth-order valence-corrected chi connectivity index (χ4v) is 2.14. The highest BCUT2D eigenvalue weighted by Crippen LogP contribution is 2.22.